The van der Waals surface area contributed by atoms with Crippen LogP contribution in [0.1, 0.15) is 15.9 Å². The molecule has 24 heavy (non-hydrogen) atoms. The summed E-state index contributed by atoms with van der Waals surface area (Å²) in [5.41, 5.74) is 1.89. The van der Waals surface area contributed by atoms with Gasteiger partial charge in [0.2, 0.25) is 0 Å². The lowest BCUT2D eigenvalue weighted by Crippen LogP contribution is -2.23. The van der Waals surface area contributed by atoms with Crippen LogP contribution in [0, 0.1) is 6.92 Å². The minimum Gasteiger partial charge on any atom is -0.482 e. The number of anilines is 1. The second-order valence-electron chi connectivity index (χ2n) is 5.50. The number of carbonyl (C=O) groups is 2. The quantitative estimate of drug-likeness (QED) is 0.903. The Kier molecular flexibility index (Phi) is 5.82. The van der Waals surface area contributed by atoms with Crippen molar-refractivity contribution in [1.29, 1.82) is 0 Å². The van der Waals surface area contributed by atoms with Crippen molar-refractivity contribution in [1.82, 2.24) is 4.90 Å². The second kappa shape index (κ2) is 7.84. The number of hydrogen-bond acceptors (Lipinski definition) is 3. The van der Waals surface area contributed by atoms with E-state index in [0.29, 0.717) is 22.0 Å². The van der Waals surface area contributed by atoms with Crippen molar-refractivity contribution in [2.75, 3.05) is 26.0 Å². The largest absolute Gasteiger partial charge is 0.482 e. The van der Waals surface area contributed by atoms with Crippen LogP contribution in [-0.4, -0.2) is 37.4 Å². The highest BCUT2D eigenvalue weighted by molar-refractivity contribution is 6.32. The molecule has 0 aliphatic carbocycles. The number of aryl methyl sites for hydroxylation is 1. The number of nitrogens with zero attached hydrogens (tertiary/aromatic N) is 1. The monoisotopic (exact) mass is 346 g/mol. The summed E-state index contributed by atoms with van der Waals surface area (Å²) < 4.78 is 5.50. The molecule has 0 aliphatic rings. The predicted molar refractivity (Wildman–Crippen MR) is 94.8 cm³/mol. The second-order valence-corrected chi connectivity index (χ2v) is 5.91. The fraction of sp³-hybridized carbons (Fsp3) is 0.222. The van der Waals surface area contributed by atoms with Gasteiger partial charge in [-0.1, -0.05) is 29.8 Å². The smallest absolute Gasteiger partial charge is 0.262 e. The van der Waals surface area contributed by atoms with Crippen LogP contribution in [0.25, 0.3) is 0 Å². The van der Waals surface area contributed by atoms with E-state index in [1.807, 2.05) is 19.1 Å². The van der Waals surface area contributed by atoms with Crippen molar-refractivity contribution in [3.05, 3.63) is 58.6 Å². The highest BCUT2D eigenvalue weighted by Crippen LogP contribution is 2.27. The third-order valence-electron chi connectivity index (χ3n) is 3.31. The Labute approximate surface area is 146 Å². The van der Waals surface area contributed by atoms with Crippen LogP contribution < -0.4 is 10.1 Å². The first kappa shape index (κ1) is 17.8. The highest BCUT2D eigenvalue weighted by Gasteiger charge is 2.11. The van der Waals surface area contributed by atoms with Crippen LogP contribution in [0.2, 0.25) is 5.02 Å². The summed E-state index contributed by atoms with van der Waals surface area (Å²) in [5, 5.41) is 3.17. The van der Waals surface area contributed by atoms with Gasteiger partial charge in [-0.3, -0.25) is 9.59 Å². The topological polar surface area (TPSA) is 58.6 Å². The number of nitrogens with one attached hydrogen (secondary N) is 1. The highest BCUT2D eigenvalue weighted by atomic mass is 35.5. The van der Waals surface area contributed by atoms with Gasteiger partial charge in [0.05, 0.1) is 5.02 Å². The van der Waals surface area contributed by atoms with E-state index >= 15 is 0 Å². The summed E-state index contributed by atoms with van der Waals surface area (Å²) in [6, 6.07) is 12.1. The van der Waals surface area contributed by atoms with Crippen molar-refractivity contribution in [3.63, 3.8) is 0 Å². The zero-order valence-corrected chi connectivity index (χ0v) is 14.6. The van der Waals surface area contributed by atoms with Crippen molar-refractivity contribution in [2.45, 2.75) is 6.92 Å². The molecule has 6 heteroatoms. The van der Waals surface area contributed by atoms with E-state index in [0.717, 1.165) is 5.56 Å². The molecule has 2 aromatic carbocycles. The zero-order valence-electron chi connectivity index (χ0n) is 13.8. The Morgan fingerprint density at radius 3 is 2.54 bits per heavy atom. The maximum Gasteiger partial charge on any atom is 0.262 e. The van der Waals surface area contributed by atoms with E-state index in [2.05, 4.69) is 5.32 Å². The average Bonchev–Trinajstić information content (AvgIpc) is 2.53. The lowest BCUT2D eigenvalue weighted by molar-refractivity contribution is -0.118. The molecular weight excluding hydrogens is 328 g/mol. The van der Waals surface area contributed by atoms with Crippen LogP contribution in [0.3, 0.4) is 0 Å². The number of para-hydroxylation sites is 1. The molecule has 0 fully saturated rings. The van der Waals surface area contributed by atoms with E-state index < -0.39 is 0 Å². The molecule has 0 unspecified atom stereocenters. The van der Waals surface area contributed by atoms with E-state index in [-0.39, 0.29) is 18.4 Å². The molecule has 0 heterocycles. The van der Waals surface area contributed by atoms with Gasteiger partial charge in [-0.2, -0.15) is 0 Å². The van der Waals surface area contributed by atoms with Crippen LogP contribution in [0.15, 0.2) is 42.5 Å². The number of benzene rings is 2. The lowest BCUT2D eigenvalue weighted by Gasteiger charge is -2.13. The first-order valence-corrected chi connectivity index (χ1v) is 7.75. The SMILES string of the molecule is Cc1cccc(Cl)c1OCC(=O)Nc1cccc(C(=O)N(C)C)c1. The van der Waals surface area contributed by atoms with Crippen LogP contribution >= 0.6 is 11.6 Å². The summed E-state index contributed by atoms with van der Waals surface area (Å²) in [7, 11) is 3.35. The standard InChI is InChI=1S/C18H19ClN2O3/c1-12-6-4-9-15(19)17(12)24-11-16(22)20-14-8-5-7-13(10-14)18(23)21(2)3/h4-10H,11H2,1-3H3,(H,20,22). The summed E-state index contributed by atoms with van der Waals surface area (Å²) in [6.07, 6.45) is 0. The molecule has 0 saturated carbocycles. The molecule has 0 aliphatic heterocycles. The van der Waals surface area contributed by atoms with E-state index in [1.54, 1.807) is 44.4 Å². The molecule has 2 amide bonds. The maximum atomic E-state index is 12.0. The third kappa shape index (κ3) is 4.49. The van der Waals surface area contributed by atoms with Gasteiger partial charge in [0.1, 0.15) is 5.75 Å². The summed E-state index contributed by atoms with van der Waals surface area (Å²) in [6.45, 7) is 1.69. The lowest BCUT2D eigenvalue weighted by atomic mass is 10.2. The van der Waals surface area contributed by atoms with Crippen molar-refractivity contribution >= 4 is 29.1 Å². The minimum atomic E-state index is -0.330. The molecule has 0 bridgehead atoms. The first-order valence-electron chi connectivity index (χ1n) is 7.38. The fourth-order valence-corrected chi connectivity index (χ4v) is 2.40. The van der Waals surface area contributed by atoms with E-state index in [9.17, 15) is 9.59 Å². The summed E-state index contributed by atoms with van der Waals surface area (Å²) in [5.74, 6) is 0.0312. The molecule has 0 aromatic heterocycles. The van der Waals surface area contributed by atoms with Gasteiger partial charge in [0.25, 0.3) is 11.8 Å². The van der Waals surface area contributed by atoms with E-state index in [1.165, 1.54) is 4.90 Å². The number of ether oxygens (including phenoxy) is 1. The molecule has 1 N–H and O–H groups in total. The van der Waals surface area contributed by atoms with Gasteiger partial charge >= 0.3 is 0 Å². The number of amides is 2. The molecule has 0 spiro atoms. The number of hydrogen-bond donors (Lipinski definition) is 1. The fourth-order valence-electron chi connectivity index (χ4n) is 2.12. The normalized spacial score (nSPS) is 10.2. The summed E-state index contributed by atoms with van der Waals surface area (Å²) in [4.78, 5) is 25.5. The van der Waals surface area contributed by atoms with Gasteiger partial charge in [-0.25, -0.2) is 0 Å². The van der Waals surface area contributed by atoms with Crippen molar-refractivity contribution in [2.24, 2.45) is 0 Å². The average molecular weight is 347 g/mol. The van der Waals surface area contributed by atoms with Crippen LogP contribution in [-0.2, 0) is 4.79 Å². The van der Waals surface area contributed by atoms with Crippen LogP contribution in [0.5, 0.6) is 5.75 Å². The molecule has 0 radical (unpaired) electrons. The maximum absolute atomic E-state index is 12.0. The van der Waals surface area contributed by atoms with Gasteiger partial charge in [-0.05, 0) is 36.8 Å². The Bertz CT molecular complexity index is 739. The number of halogens is 1. The van der Waals surface area contributed by atoms with Gasteiger partial charge in [0.15, 0.2) is 6.61 Å². The predicted octanol–water partition coefficient (Wildman–Crippen LogP) is 3.37. The third-order valence-corrected chi connectivity index (χ3v) is 3.61. The Morgan fingerprint density at radius 1 is 1.17 bits per heavy atom. The van der Waals surface area contributed by atoms with E-state index in [4.69, 9.17) is 16.3 Å². The van der Waals surface area contributed by atoms with Crippen molar-refractivity contribution in [3.8, 4) is 5.75 Å². The first-order chi connectivity index (χ1) is 11.4. The molecule has 0 saturated heterocycles. The molecule has 2 aromatic rings. The van der Waals surface area contributed by atoms with Gasteiger partial charge < -0.3 is 15.0 Å². The zero-order chi connectivity index (χ0) is 17.7. The molecular formula is C18H19ClN2O3. The van der Waals surface area contributed by atoms with Gasteiger partial charge in [-0.15, -0.1) is 0 Å². The minimum absolute atomic E-state index is 0.131. The molecule has 126 valence electrons. The van der Waals surface area contributed by atoms with Gasteiger partial charge in [0, 0.05) is 25.3 Å². The van der Waals surface area contributed by atoms with Crippen LogP contribution in [0.4, 0.5) is 5.69 Å². The molecule has 5 nitrogen and oxygen atoms in total. The summed E-state index contributed by atoms with van der Waals surface area (Å²) >= 11 is 6.06. The number of carbonyl (C=O) groups excluding carboxylic acids is 2. The Balaban J connectivity index is 2.00. The molecule has 2 rings (SSSR count). The Hall–Kier alpha value is -2.53. The molecule has 0 atom stereocenters. The number of rotatable bonds is 5. The van der Waals surface area contributed by atoms with Crippen molar-refractivity contribution < 1.29 is 14.3 Å². The Morgan fingerprint density at radius 2 is 1.88 bits per heavy atom.